The van der Waals surface area contributed by atoms with E-state index in [-0.39, 0.29) is 46.2 Å². The fourth-order valence-corrected chi connectivity index (χ4v) is 4.55. The highest BCUT2D eigenvalue weighted by Crippen LogP contribution is 2.40. The maximum atomic E-state index is 10.9. The second kappa shape index (κ2) is 11.7. The zero-order valence-electron chi connectivity index (χ0n) is 23.9. The molecule has 0 aliphatic heterocycles. The van der Waals surface area contributed by atoms with Crippen LogP contribution < -0.4 is 20.9 Å². The van der Waals surface area contributed by atoms with Crippen LogP contribution in [-0.4, -0.2) is 30.6 Å². The summed E-state index contributed by atoms with van der Waals surface area (Å²) in [7, 11) is 0. The molecule has 0 saturated carbocycles. The molecule has 46 heavy (non-hydrogen) atoms. The molecule has 0 aliphatic carbocycles. The smallest absolute Gasteiger partial charge is 0.252 e. The first-order valence-corrected chi connectivity index (χ1v) is 13.9. The number of anilines is 2. The lowest BCUT2D eigenvalue weighted by Gasteiger charge is -2.07. The molecule has 0 spiro atoms. The van der Waals surface area contributed by atoms with Gasteiger partial charge in [-0.2, -0.15) is 0 Å². The minimum Gasteiger partial charge on any atom is -0.507 e. The molecule has 0 atom stereocenters. The van der Waals surface area contributed by atoms with Gasteiger partial charge in [-0.1, -0.05) is 12.1 Å². The van der Waals surface area contributed by atoms with Gasteiger partial charge in [0.25, 0.3) is 11.8 Å². The van der Waals surface area contributed by atoms with Crippen LogP contribution in [0, 0.1) is 0 Å². The lowest BCUT2D eigenvalue weighted by atomic mass is 10.1. The normalized spacial score (nSPS) is 11.0. The Morgan fingerprint density at radius 1 is 0.457 bits per heavy atom. The summed E-state index contributed by atoms with van der Waals surface area (Å²) in [5.41, 5.74) is 14.2. The fraction of sp³-hybridized carbons (Fsp3) is 0. The van der Waals surface area contributed by atoms with Crippen molar-refractivity contribution in [1.29, 1.82) is 0 Å². The van der Waals surface area contributed by atoms with Crippen molar-refractivity contribution in [2.75, 3.05) is 11.5 Å². The molecular formula is C34H24N6O6. The molecule has 2 aromatic heterocycles. The second-order valence-corrected chi connectivity index (χ2v) is 10.1. The van der Waals surface area contributed by atoms with Crippen molar-refractivity contribution in [1.82, 2.24) is 20.4 Å². The number of aromatic nitrogens is 4. The lowest BCUT2D eigenvalue weighted by molar-refractivity contribution is 0.457. The van der Waals surface area contributed by atoms with Gasteiger partial charge < -0.3 is 40.0 Å². The Labute approximate surface area is 261 Å². The van der Waals surface area contributed by atoms with Crippen molar-refractivity contribution in [3.8, 4) is 80.3 Å². The van der Waals surface area contributed by atoms with Crippen LogP contribution in [0.4, 0.5) is 11.4 Å². The Bertz CT molecular complexity index is 2000. The van der Waals surface area contributed by atoms with Gasteiger partial charge in [0, 0.05) is 22.5 Å². The van der Waals surface area contributed by atoms with E-state index in [1.54, 1.807) is 97.1 Å². The molecule has 0 amide bonds. The number of rotatable bonds is 8. The molecule has 12 nitrogen and oxygen atoms in total. The molecule has 0 fully saturated rings. The molecule has 7 aromatic rings. The summed E-state index contributed by atoms with van der Waals surface area (Å²) in [6.45, 7) is 0. The minimum atomic E-state index is -0.248. The summed E-state index contributed by atoms with van der Waals surface area (Å²) in [6.07, 6.45) is 0. The van der Waals surface area contributed by atoms with E-state index in [2.05, 4.69) is 20.4 Å². The van der Waals surface area contributed by atoms with Crippen molar-refractivity contribution < 1.29 is 28.5 Å². The van der Waals surface area contributed by atoms with Gasteiger partial charge in [0.2, 0.25) is 11.8 Å². The molecule has 7 rings (SSSR count). The Kier molecular flexibility index (Phi) is 7.11. The van der Waals surface area contributed by atoms with Crippen LogP contribution >= 0.6 is 0 Å². The summed E-state index contributed by atoms with van der Waals surface area (Å²) in [4.78, 5) is 0. The fourth-order valence-electron chi connectivity index (χ4n) is 4.55. The number of phenols is 2. The minimum absolute atomic E-state index is 0.0108. The number of phenolic OH excluding ortho intramolecular Hbond substituents is 2. The molecule has 12 heteroatoms. The number of ether oxygens (including phenoxy) is 2. The Morgan fingerprint density at radius 3 is 1.26 bits per heavy atom. The molecule has 0 unspecified atom stereocenters. The summed E-state index contributed by atoms with van der Waals surface area (Å²) in [5, 5.41) is 38.1. The van der Waals surface area contributed by atoms with Gasteiger partial charge in [-0.15, -0.1) is 20.4 Å². The standard InChI is InChI=1S/C34H24N6O6/c35-21-7-11-23(12-8-21)43-25-5-1-3-19(15-25)31-37-39-33(45-31)27-17-30(42)28(18-29(27)41)34-40-38-32(46-34)20-4-2-6-26(16-20)44-24-13-9-22(36)10-14-24/h1-18,41-42H,35-36H2. The first-order chi connectivity index (χ1) is 22.4. The molecule has 0 bridgehead atoms. The van der Waals surface area contributed by atoms with Crippen molar-refractivity contribution in [2.24, 2.45) is 0 Å². The van der Waals surface area contributed by atoms with E-state index in [9.17, 15) is 10.2 Å². The van der Waals surface area contributed by atoms with Gasteiger partial charge in [-0.25, -0.2) is 0 Å². The van der Waals surface area contributed by atoms with Crippen LogP contribution in [0.15, 0.2) is 118 Å². The van der Waals surface area contributed by atoms with E-state index in [4.69, 9.17) is 29.8 Å². The zero-order valence-corrected chi connectivity index (χ0v) is 23.9. The van der Waals surface area contributed by atoms with Crippen LogP contribution in [0.3, 0.4) is 0 Å². The monoisotopic (exact) mass is 612 g/mol. The Hall–Kier alpha value is -6.82. The second-order valence-electron chi connectivity index (χ2n) is 10.1. The van der Waals surface area contributed by atoms with Crippen LogP contribution in [0.1, 0.15) is 0 Å². The van der Waals surface area contributed by atoms with Crippen molar-refractivity contribution in [3.63, 3.8) is 0 Å². The van der Waals surface area contributed by atoms with E-state index < -0.39 is 0 Å². The van der Waals surface area contributed by atoms with Crippen molar-refractivity contribution >= 4 is 11.4 Å². The average Bonchev–Trinajstić information content (AvgIpc) is 3.76. The largest absolute Gasteiger partial charge is 0.507 e. The number of nitrogens with zero attached hydrogens (tertiary/aromatic N) is 4. The third-order valence-corrected chi connectivity index (χ3v) is 6.82. The van der Waals surface area contributed by atoms with Gasteiger partial charge >= 0.3 is 0 Å². The first-order valence-electron chi connectivity index (χ1n) is 13.9. The highest BCUT2D eigenvalue weighted by atomic mass is 16.5. The summed E-state index contributed by atoms with van der Waals surface area (Å²) in [6, 6.07) is 30.8. The van der Waals surface area contributed by atoms with Gasteiger partial charge in [0.1, 0.15) is 34.5 Å². The van der Waals surface area contributed by atoms with Crippen LogP contribution in [0.25, 0.3) is 45.8 Å². The molecule has 226 valence electrons. The molecule has 0 saturated heterocycles. The molecule has 6 N–H and O–H groups in total. The molecule has 2 heterocycles. The van der Waals surface area contributed by atoms with Gasteiger partial charge in [-0.05, 0) is 97.1 Å². The number of aromatic hydroxyl groups is 2. The number of nitrogen functional groups attached to an aromatic ring is 2. The predicted molar refractivity (Wildman–Crippen MR) is 169 cm³/mol. The summed E-state index contributed by atoms with van der Waals surface area (Å²) >= 11 is 0. The lowest BCUT2D eigenvalue weighted by Crippen LogP contribution is -1.87. The van der Waals surface area contributed by atoms with E-state index in [0.29, 0.717) is 45.5 Å². The first kappa shape index (κ1) is 28.0. The molecule has 0 radical (unpaired) electrons. The number of hydrogen-bond donors (Lipinski definition) is 4. The summed E-state index contributed by atoms with van der Waals surface area (Å²) < 4.78 is 23.5. The maximum Gasteiger partial charge on any atom is 0.252 e. The average molecular weight is 613 g/mol. The number of nitrogens with two attached hydrogens (primary N) is 2. The third-order valence-electron chi connectivity index (χ3n) is 6.82. The third kappa shape index (κ3) is 5.85. The van der Waals surface area contributed by atoms with Gasteiger partial charge in [0.15, 0.2) is 0 Å². The zero-order chi connectivity index (χ0) is 31.6. The molecule has 5 aromatic carbocycles. The van der Waals surface area contributed by atoms with E-state index in [1.807, 2.05) is 0 Å². The quantitative estimate of drug-likeness (QED) is 0.0992. The van der Waals surface area contributed by atoms with Crippen molar-refractivity contribution in [2.45, 2.75) is 0 Å². The van der Waals surface area contributed by atoms with E-state index in [1.165, 1.54) is 12.1 Å². The molecular weight excluding hydrogens is 588 g/mol. The van der Waals surface area contributed by atoms with Gasteiger partial charge in [0.05, 0.1) is 11.1 Å². The predicted octanol–water partition coefficient (Wildman–Crippen LogP) is 7.28. The van der Waals surface area contributed by atoms with Crippen molar-refractivity contribution in [3.05, 3.63) is 109 Å². The Balaban J connectivity index is 1.10. The SMILES string of the molecule is Nc1ccc(Oc2cccc(-c3nnc(-c4cc(O)c(-c5nnc(-c6cccc(Oc7ccc(N)cc7)c6)o5)cc4O)o3)c2)cc1. The van der Waals surface area contributed by atoms with E-state index >= 15 is 0 Å². The summed E-state index contributed by atoms with van der Waals surface area (Å²) in [5.74, 6) is 2.18. The number of benzene rings is 5. The van der Waals surface area contributed by atoms with Crippen LogP contribution in [0.5, 0.6) is 34.5 Å². The van der Waals surface area contributed by atoms with Gasteiger partial charge in [-0.3, -0.25) is 0 Å². The highest BCUT2D eigenvalue weighted by Gasteiger charge is 2.21. The number of hydrogen-bond acceptors (Lipinski definition) is 12. The van der Waals surface area contributed by atoms with E-state index in [0.717, 1.165) is 0 Å². The Morgan fingerprint density at radius 2 is 0.848 bits per heavy atom. The van der Waals surface area contributed by atoms with Crippen LogP contribution in [-0.2, 0) is 0 Å². The topological polar surface area (TPSA) is 189 Å². The maximum absolute atomic E-state index is 10.9. The highest BCUT2D eigenvalue weighted by molar-refractivity contribution is 5.75. The van der Waals surface area contributed by atoms with Crippen LogP contribution in [0.2, 0.25) is 0 Å². The molecule has 0 aliphatic rings.